The normalized spacial score (nSPS) is 16.3. The highest BCUT2D eigenvalue weighted by Crippen LogP contribution is 2.36. The van der Waals surface area contributed by atoms with E-state index in [4.69, 9.17) is 4.74 Å². The molecule has 0 radical (unpaired) electrons. The van der Waals surface area contributed by atoms with Crippen molar-refractivity contribution in [3.8, 4) is 5.75 Å². The number of ketones is 1. The molecule has 0 fully saturated rings. The number of hydrogen-bond donors (Lipinski definition) is 0. The van der Waals surface area contributed by atoms with Crippen LogP contribution in [0.15, 0.2) is 12.1 Å². The molecule has 17 heavy (non-hydrogen) atoms. The van der Waals surface area contributed by atoms with Gasteiger partial charge < -0.3 is 4.74 Å². The van der Waals surface area contributed by atoms with Gasteiger partial charge in [-0.3, -0.25) is 4.79 Å². The van der Waals surface area contributed by atoms with Crippen LogP contribution in [-0.2, 0) is 0 Å². The highest BCUT2D eigenvalue weighted by molar-refractivity contribution is 5.98. The van der Waals surface area contributed by atoms with Gasteiger partial charge in [-0.2, -0.15) is 0 Å². The van der Waals surface area contributed by atoms with E-state index in [-0.39, 0.29) is 11.4 Å². The maximum Gasteiger partial charge on any atom is 0.160 e. The molecule has 1 aromatic rings. The molecule has 0 bridgehead atoms. The van der Waals surface area contributed by atoms with Gasteiger partial charge in [0.1, 0.15) is 11.4 Å². The molecule has 2 rings (SSSR count). The van der Waals surface area contributed by atoms with Crippen LogP contribution in [0.4, 0.5) is 0 Å². The molecule has 0 spiro atoms. The van der Waals surface area contributed by atoms with Gasteiger partial charge in [0, 0.05) is 11.1 Å². The van der Waals surface area contributed by atoms with Gasteiger partial charge in [0.25, 0.3) is 0 Å². The molecule has 0 aromatic heterocycles. The first kappa shape index (κ1) is 11.9. The third-order valence-corrected chi connectivity index (χ3v) is 3.16. The molecule has 0 saturated carbocycles. The van der Waals surface area contributed by atoms with Gasteiger partial charge in [-0.25, -0.2) is 0 Å². The minimum Gasteiger partial charge on any atom is -0.483 e. The molecule has 0 amide bonds. The van der Waals surface area contributed by atoms with E-state index >= 15 is 0 Å². The van der Waals surface area contributed by atoms with Crippen LogP contribution in [0.5, 0.6) is 5.75 Å². The predicted octanol–water partition coefficient (Wildman–Crippen LogP) is 3.69. The van der Waals surface area contributed by atoms with Crippen molar-refractivity contribution in [3.63, 3.8) is 0 Å². The van der Waals surface area contributed by atoms with Gasteiger partial charge in [-0.05, 0) is 57.9 Å². The lowest BCUT2D eigenvalue weighted by Gasteiger charge is -2.29. The van der Waals surface area contributed by atoms with Crippen LogP contribution in [-0.4, -0.2) is 11.4 Å². The Morgan fingerprint density at radius 3 is 2.53 bits per heavy atom. The quantitative estimate of drug-likeness (QED) is 0.688. The third kappa shape index (κ3) is 1.99. The summed E-state index contributed by atoms with van der Waals surface area (Å²) >= 11 is 0. The number of fused-ring (bicyclic) bond motifs is 1. The molecule has 0 atom stereocenters. The zero-order valence-corrected chi connectivity index (χ0v) is 11.0. The maximum absolute atomic E-state index is 11.6. The maximum atomic E-state index is 11.6. The zero-order valence-electron chi connectivity index (χ0n) is 11.0. The van der Waals surface area contributed by atoms with Crippen molar-refractivity contribution in [2.24, 2.45) is 0 Å². The summed E-state index contributed by atoms with van der Waals surface area (Å²) in [5, 5.41) is 0. The Balaban J connectivity index is 2.66. The Morgan fingerprint density at radius 1 is 1.29 bits per heavy atom. The fraction of sp³-hybridized carbons (Fsp3) is 0.400. The minimum absolute atomic E-state index is 0.112. The summed E-state index contributed by atoms with van der Waals surface area (Å²) in [6, 6.07) is 1.96. The molecule has 1 aromatic carbocycles. The number of benzene rings is 1. The Labute approximate surface area is 102 Å². The Bertz CT molecular complexity index is 522. The molecule has 2 heteroatoms. The lowest BCUT2D eigenvalue weighted by Crippen LogP contribution is -2.28. The molecule has 1 aliphatic heterocycles. The monoisotopic (exact) mass is 230 g/mol. The van der Waals surface area contributed by atoms with Gasteiger partial charge in [-0.1, -0.05) is 6.08 Å². The first-order valence-corrected chi connectivity index (χ1v) is 5.85. The van der Waals surface area contributed by atoms with E-state index < -0.39 is 0 Å². The minimum atomic E-state index is -0.274. The number of aryl methyl sites for hydroxylation is 1. The molecule has 1 aliphatic rings. The highest BCUT2D eigenvalue weighted by atomic mass is 16.5. The summed E-state index contributed by atoms with van der Waals surface area (Å²) in [7, 11) is 0. The van der Waals surface area contributed by atoms with Crippen LogP contribution in [0.1, 0.15) is 47.8 Å². The molecular formula is C15H18O2. The molecule has 2 nitrogen and oxygen atoms in total. The van der Waals surface area contributed by atoms with E-state index in [2.05, 4.69) is 6.08 Å². The van der Waals surface area contributed by atoms with E-state index in [1.165, 1.54) is 0 Å². The number of ether oxygens (including phenoxy) is 1. The predicted molar refractivity (Wildman–Crippen MR) is 69.7 cm³/mol. The van der Waals surface area contributed by atoms with Crippen molar-refractivity contribution in [3.05, 3.63) is 34.4 Å². The number of rotatable bonds is 1. The van der Waals surface area contributed by atoms with Crippen molar-refractivity contribution < 1.29 is 9.53 Å². The van der Waals surface area contributed by atoms with E-state index in [0.29, 0.717) is 0 Å². The molecular weight excluding hydrogens is 212 g/mol. The molecule has 0 N–H and O–H groups in total. The van der Waals surface area contributed by atoms with Crippen molar-refractivity contribution in [2.75, 3.05) is 0 Å². The van der Waals surface area contributed by atoms with Crippen LogP contribution >= 0.6 is 0 Å². The topological polar surface area (TPSA) is 26.3 Å². The summed E-state index contributed by atoms with van der Waals surface area (Å²) in [5.41, 5.74) is 3.57. The lowest BCUT2D eigenvalue weighted by atomic mass is 9.91. The summed E-state index contributed by atoms with van der Waals surface area (Å²) in [6.07, 6.45) is 4.08. The number of carbonyl (C=O) groups is 1. The van der Waals surface area contributed by atoms with Crippen LogP contribution < -0.4 is 4.74 Å². The van der Waals surface area contributed by atoms with E-state index in [0.717, 1.165) is 28.0 Å². The van der Waals surface area contributed by atoms with Crippen LogP contribution in [0, 0.1) is 13.8 Å². The van der Waals surface area contributed by atoms with Crippen molar-refractivity contribution in [1.29, 1.82) is 0 Å². The van der Waals surface area contributed by atoms with Crippen LogP contribution in [0.2, 0.25) is 0 Å². The SMILES string of the molecule is CC(=O)c1c(C)cc2c(c1C)C=CC(C)(C)O2. The zero-order chi connectivity index (χ0) is 12.8. The molecule has 0 aliphatic carbocycles. The number of carbonyl (C=O) groups excluding carboxylic acids is 1. The lowest BCUT2D eigenvalue weighted by molar-refractivity contribution is 0.101. The third-order valence-electron chi connectivity index (χ3n) is 3.16. The van der Waals surface area contributed by atoms with E-state index in [9.17, 15) is 4.79 Å². The molecule has 90 valence electrons. The number of Topliss-reactive ketones (excluding diaryl/α,β-unsaturated/α-hetero) is 1. The average molecular weight is 230 g/mol. The van der Waals surface area contributed by atoms with Crippen molar-refractivity contribution >= 4 is 11.9 Å². The summed E-state index contributed by atoms with van der Waals surface area (Å²) in [4.78, 5) is 11.6. The van der Waals surface area contributed by atoms with Gasteiger partial charge in [0.15, 0.2) is 5.78 Å². The molecule has 0 saturated heterocycles. The van der Waals surface area contributed by atoms with Gasteiger partial charge in [0.2, 0.25) is 0 Å². The Morgan fingerprint density at radius 2 is 1.94 bits per heavy atom. The number of hydrogen-bond acceptors (Lipinski definition) is 2. The highest BCUT2D eigenvalue weighted by Gasteiger charge is 2.24. The van der Waals surface area contributed by atoms with Gasteiger partial charge in [-0.15, -0.1) is 0 Å². The van der Waals surface area contributed by atoms with Gasteiger partial charge in [0.05, 0.1) is 0 Å². The largest absolute Gasteiger partial charge is 0.483 e. The van der Waals surface area contributed by atoms with Crippen LogP contribution in [0.3, 0.4) is 0 Å². The fourth-order valence-corrected chi connectivity index (χ4v) is 2.40. The molecule has 1 heterocycles. The summed E-state index contributed by atoms with van der Waals surface area (Å²) in [6.45, 7) is 9.60. The summed E-state index contributed by atoms with van der Waals surface area (Å²) in [5.74, 6) is 0.985. The second kappa shape index (κ2) is 3.73. The van der Waals surface area contributed by atoms with E-state index in [1.54, 1.807) is 6.92 Å². The Kier molecular flexibility index (Phi) is 2.61. The smallest absolute Gasteiger partial charge is 0.160 e. The Hall–Kier alpha value is -1.57. The van der Waals surface area contributed by atoms with Crippen molar-refractivity contribution in [1.82, 2.24) is 0 Å². The second-order valence-corrected chi connectivity index (χ2v) is 5.20. The fourth-order valence-electron chi connectivity index (χ4n) is 2.40. The second-order valence-electron chi connectivity index (χ2n) is 5.20. The first-order chi connectivity index (χ1) is 7.82. The van der Waals surface area contributed by atoms with Gasteiger partial charge >= 0.3 is 0 Å². The first-order valence-electron chi connectivity index (χ1n) is 5.85. The standard InChI is InChI=1S/C15H18O2/c1-9-8-13-12(6-7-15(4,5)17-13)10(2)14(9)11(3)16/h6-8H,1-5H3. The van der Waals surface area contributed by atoms with Crippen molar-refractivity contribution in [2.45, 2.75) is 40.2 Å². The van der Waals surface area contributed by atoms with Crippen LogP contribution in [0.25, 0.3) is 6.08 Å². The van der Waals surface area contributed by atoms with E-state index in [1.807, 2.05) is 39.8 Å². The summed E-state index contributed by atoms with van der Waals surface area (Å²) < 4.78 is 5.92. The average Bonchev–Trinajstić information content (AvgIpc) is 2.14. The molecule has 0 unspecified atom stereocenters.